The molecular weight excluding hydrogens is 424 g/mol. The number of H-pyrrole nitrogens is 1. The van der Waals surface area contributed by atoms with Crippen LogP contribution < -0.4 is 16.0 Å². The molecule has 0 saturated carbocycles. The van der Waals surface area contributed by atoms with E-state index in [0.29, 0.717) is 24.8 Å². The van der Waals surface area contributed by atoms with Crippen molar-refractivity contribution in [1.29, 1.82) is 0 Å². The molecule has 11 heteroatoms. The third-order valence-corrected chi connectivity index (χ3v) is 6.00. The van der Waals surface area contributed by atoms with E-state index in [4.69, 9.17) is 14.5 Å². The minimum Gasteiger partial charge on any atom is -0.444 e. The van der Waals surface area contributed by atoms with Crippen molar-refractivity contribution < 1.29 is 14.3 Å². The Morgan fingerprint density at radius 1 is 1.33 bits per heavy atom. The molecule has 2 atom stereocenters. The lowest BCUT2D eigenvalue weighted by Gasteiger charge is -2.22. The molecule has 4 N–H and O–H groups in total. The van der Waals surface area contributed by atoms with Gasteiger partial charge in [0, 0.05) is 24.4 Å². The van der Waals surface area contributed by atoms with Crippen molar-refractivity contribution in [1.82, 2.24) is 35.4 Å². The number of carbonyl (C=O) groups excluding carboxylic acids is 1. The fraction of sp³-hybridized carbons (Fsp3) is 0.545. The van der Waals surface area contributed by atoms with Gasteiger partial charge >= 0.3 is 6.09 Å². The Hall–Kier alpha value is -3.18. The number of nitrogens with zero attached hydrogens (tertiary/aromatic N) is 4. The molecule has 0 aromatic carbocycles. The van der Waals surface area contributed by atoms with Crippen LogP contribution >= 0.6 is 0 Å². The molecule has 0 aliphatic carbocycles. The summed E-state index contributed by atoms with van der Waals surface area (Å²) in [4.78, 5) is 16.8. The zero-order valence-corrected chi connectivity index (χ0v) is 18.9. The summed E-state index contributed by atoms with van der Waals surface area (Å²) in [7, 11) is 0. The van der Waals surface area contributed by atoms with Crippen molar-refractivity contribution in [3.8, 4) is 0 Å². The topological polar surface area (TPSA) is 130 Å². The van der Waals surface area contributed by atoms with Crippen LogP contribution in [0.25, 0.3) is 5.52 Å². The number of ether oxygens (including phenoxy) is 2. The lowest BCUT2D eigenvalue weighted by Crippen LogP contribution is -2.33. The number of rotatable bonds is 6. The van der Waals surface area contributed by atoms with Crippen molar-refractivity contribution >= 4 is 23.2 Å². The van der Waals surface area contributed by atoms with Gasteiger partial charge in [0.25, 0.3) is 0 Å². The third-order valence-electron chi connectivity index (χ3n) is 6.00. The normalized spacial score (nSPS) is 21.5. The Morgan fingerprint density at radius 2 is 2.18 bits per heavy atom. The van der Waals surface area contributed by atoms with E-state index in [2.05, 4.69) is 31.2 Å². The molecule has 0 bridgehead atoms. The molecule has 2 unspecified atom stereocenters. The number of aromatic nitrogens is 5. The van der Waals surface area contributed by atoms with E-state index in [9.17, 15) is 4.79 Å². The van der Waals surface area contributed by atoms with Crippen LogP contribution in [0.4, 0.5) is 16.4 Å². The number of piperidine rings is 1. The zero-order valence-electron chi connectivity index (χ0n) is 18.9. The lowest BCUT2D eigenvalue weighted by atomic mass is 9.95. The summed E-state index contributed by atoms with van der Waals surface area (Å²) in [5, 5.41) is 21.3. The smallest absolute Gasteiger partial charge is 0.407 e. The molecule has 11 nitrogen and oxygen atoms in total. The van der Waals surface area contributed by atoms with Crippen molar-refractivity contribution in [2.75, 3.05) is 25.0 Å². The van der Waals surface area contributed by atoms with Gasteiger partial charge in [-0.2, -0.15) is 10.2 Å². The summed E-state index contributed by atoms with van der Waals surface area (Å²) in [5.41, 5.74) is 2.75. The fourth-order valence-electron chi connectivity index (χ4n) is 4.36. The Morgan fingerprint density at radius 3 is 3.00 bits per heavy atom. The molecule has 1 amide bonds. The standard InChI is InChI=1S/C22H30N8O3/c1-13(2)25-22(31)33-15-9-19(32-12-15)16-10-20(29-28-16)27-21-18-5-8-24-30(18)11-17(26-21)14-3-6-23-7-4-14/h5,8,10-11,13-15,19,23H,3-4,6-7,9,12H2,1-2H3,(H,25,31)(H2,26,27,28,29). The molecule has 176 valence electrons. The van der Waals surface area contributed by atoms with E-state index in [1.807, 2.05) is 36.7 Å². The van der Waals surface area contributed by atoms with Crippen LogP contribution in [0.2, 0.25) is 0 Å². The lowest BCUT2D eigenvalue weighted by molar-refractivity contribution is 0.0682. The fourth-order valence-corrected chi connectivity index (χ4v) is 4.36. The van der Waals surface area contributed by atoms with Crippen LogP contribution in [0.15, 0.2) is 24.5 Å². The second-order valence-electron chi connectivity index (χ2n) is 8.92. The van der Waals surface area contributed by atoms with Gasteiger partial charge in [-0.05, 0) is 45.8 Å². The number of aromatic amines is 1. The van der Waals surface area contributed by atoms with Gasteiger partial charge in [0.1, 0.15) is 17.7 Å². The number of hydrogen-bond acceptors (Lipinski definition) is 8. The van der Waals surface area contributed by atoms with Gasteiger partial charge in [0.05, 0.1) is 30.4 Å². The molecule has 5 rings (SSSR count). The van der Waals surface area contributed by atoms with Gasteiger partial charge in [-0.1, -0.05) is 0 Å². The number of carbonyl (C=O) groups is 1. The number of anilines is 2. The minimum atomic E-state index is -0.421. The molecule has 33 heavy (non-hydrogen) atoms. The highest BCUT2D eigenvalue weighted by Gasteiger charge is 2.31. The molecular formula is C22H30N8O3. The van der Waals surface area contributed by atoms with Crippen LogP contribution in [-0.2, 0) is 9.47 Å². The number of hydrogen-bond donors (Lipinski definition) is 4. The average Bonchev–Trinajstić information content (AvgIpc) is 3.54. The first-order valence-electron chi connectivity index (χ1n) is 11.5. The van der Waals surface area contributed by atoms with E-state index in [1.165, 1.54) is 0 Å². The van der Waals surface area contributed by atoms with Crippen LogP contribution in [-0.4, -0.2) is 62.7 Å². The SMILES string of the molecule is CC(C)NC(=O)OC1COC(c2cc(Nc3nc(C4CCNCC4)cn4nccc34)n[nH]2)C1. The Labute approximate surface area is 191 Å². The summed E-state index contributed by atoms with van der Waals surface area (Å²) in [6.07, 6.45) is 5.56. The summed E-state index contributed by atoms with van der Waals surface area (Å²) in [6, 6.07) is 3.87. The monoisotopic (exact) mass is 454 g/mol. The summed E-state index contributed by atoms with van der Waals surface area (Å²) >= 11 is 0. The molecule has 3 aromatic heterocycles. The second kappa shape index (κ2) is 9.36. The molecule has 2 aliphatic rings. The van der Waals surface area contributed by atoms with Crippen molar-refractivity contribution in [3.05, 3.63) is 35.9 Å². The number of nitrogens with one attached hydrogen (secondary N) is 4. The first kappa shape index (κ1) is 21.7. The van der Waals surface area contributed by atoms with Crippen molar-refractivity contribution in [2.45, 2.75) is 57.3 Å². The number of fused-ring (bicyclic) bond motifs is 1. The Balaban J connectivity index is 1.27. The van der Waals surface area contributed by atoms with Crippen LogP contribution in [0.3, 0.4) is 0 Å². The molecule has 0 spiro atoms. The third kappa shape index (κ3) is 4.93. The zero-order chi connectivity index (χ0) is 22.8. The molecule has 2 saturated heterocycles. The molecule has 2 aliphatic heterocycles. The van der Waals surface area contributed by atoms with E-state index >= 15 is 0 Å². The maximum absolute atomic E-state index is 11.9. The van der Waals surface area contributed by atoms with Crippen LogP contribution in [0, 0.1) is 0 Å². The molecule has 0 radical (unpaired) electrons. The van der Waals surface area contributed by atoms with E-state index in [1.54, 1.807) is 6.20 Å². The van der Waals surface area contributed by atoms with Gasteiger partial charge in [-0.15, -0.1) is 0 Å². The van der Waals surface area contributed by atoms with Crippen molar-refractivity contribution in [3.63, 3.8) is 0 Å². The van der Waals surface area contributed by atoms with E-state index < -0.39 is 6.09 Å². The average molecular weight is 455 g/mol. The second-order valence-corrected chi connectivity index (χ2v) is 8.92. The van der Waals surface area contributed by atoms with Crippen molar-refractivity contribution in [2.24, 2.45) is 0 Å². The van der Waals surface area contributed by atoms with Gasteiger partial charge in [-0.25, -0.2) is 14.3 Å². The highest BCUT2D eigenvalue weighted by atomic mass is 16.6. The minimum absolute atomic E-state index is 0.0287. The Bertz CT molecular complexity index is 1100. The number of alkyl carbamates (subject to hydrolysis) is 1. The predicted molar refractivity (Wildman–Crippen MR) is 122 cm³/mol. The quantitative estimate of drug-likeness (QED) is 0.447. The molecule has 3 aromatic rings. The largest absolute Gasteiger partial charge is 0.444 e. The predicted octanol–water partition coefficient (Wildman–Crippen LogP) is 2.63. The van der Waals surface area contributed by atoms with Gasteiger partial charge in [0.2, 0.25) is 0 Å². The summed E-state index contributed by atoms with van der Waals surface area (Å²) in [5.74, 6) is 1.78. The highest BCUT2D eigenvalue weighted by molar-refractivity contribution is 5.72. The molecule has 2 fully saturated rings. The van der Waals surface area contributed by atoms with E-state index in [0.717, 1.165) is 48.7 Å². The van der Waals surface area contributed by atoms with Crippen LogP contribution in [0.5, 0.6) is 0 Å². The first-order chi connectivity index (χ1) is 16.0. The summed E-state index contributed by atoms with van der Waals surface area (Å²) < 4.78 is 13.1. The maximum atomic E-state index is 11.9. The first-order valence-corrected chi connectivity index (χ1v) is 11.5. The van der Waals surface area contributed by atoms with Crippen LogP contribution in [0.1, 0.15) is 56.5 Å². The molecule has 5 heterocycles. The highest BCUT2D eigenvalue weighted by Crippen LogP contribution is 2.32. The van der Waals surface area contributed by atoms with E-state index in [-0.39, 0.29) is 18.2 Å². The Kier molecular flexibility index (Phi) is 6.14. The van der Waals surface area contributed by atoms with Gasteiger partial charge < -0.3 is 25.4 Å². The van der Waals surface area contributed by atoms with Gasteiger partial charge in [-0.3, -0.25) is 5.10 Å². The maximum Gasteiger partial charge on any atom is 0.407 e. The van der Waals surface area contributed by atoms with Gasteiger partial charge in [0.15, 0.2) is 11.6 Å². The number of amides is 1. The summed E-state index contributed by atoms with van der Waals surface area (Å²) in [6.45, 7) is 6.14.